The summed E-state index contributed by atoms with van der Waals surface area (Å²) in [6, 6.07) is 4.44. The first kappa shape index (κ1) is 14.9. The summed E-state index contributed by atoms with van der Waals surface area (Å²) in [5, 5.41) is 0.0785. The quantitative estimate of drug-likeness (QED) is 0.621. The van der Waals surface area contributed by atoms with Crippen LogP contribution < -0.4 is 5.73 Å². The molecule has 1 aromatic heterocycles. The first-order valence-corrected chi connectivity index (χ1v) is 7.18. The highest BCUT2D eigenvalue weighted by Gasteiger charge is 2.27. The van der Waals surface area contributed by atoms with Gasteiger partial charge < -0.3 is 5.73 Å². The molecular weight excluding hydrogens is 383 g/mol. The van der Waals surface area contributed by atoms with Crippen molar-refractivity contribution in [1.82, 2.24) is 9.55 Å². The lowest BCUT2D eigenvalue weighted by atomic mass is 10.3. The Morgan fingerprint density at radius 3 is 2.68 bits per heavy atom. The Morgan fingerprint density at radius 2 is 2.11 bits per heavy atom. The van der Waals surface area contributed by atoms with Gasteiger partial charge in [0.15, 0.2) is 0 Å². The zero-order valence-corrected chi connectivity index (χ0v) is 13.0. The van der Waals surface area contributed by atoms with Crippen molar-refractivity contribution in [3.05, 3.63) is 34.8 Å². The van der Waals surface area contributed by atoms with Crippen LogP contribution in [0.1, 0.15) is 0 Å². The van der Waals surface area contributed by atoms with Gasteiger partial charge in [-0.25, -0.2) is 9.37 Å². The topological polar surface area (TPSA) is 43.8 Å². The second-order valence-corrected chi connectivity index (χ2v) is 7.20. The molecule has 2 N–H and O–H groups in total. The van der Waals surface area contributed by atoms with E-state index in [1.54, 1.807) is 6.07 Å². The number of nitrogens with zero attached hydrogens (tertiary/aromatic N) is 2. The lowest BCUT2D eigenvalue weighted by Crippen LogP contribution is -2.03. The summed E-state index contributed by atoms with van der Waals surface area (Å²) >= 11 is 14.0. The van der Waals surface area contributed by atoms with Crippen molar-refractivity contribution in [3.63, 3.8) is 0 Å². The molecular formula is C10H6BrCl2F2N3S. The van der Waals surface area contributed by atoms with E-state index in [0.717, 1.165) is 0 Å². The number of thioether (sulfide) groups is 1. The van der Waals surface area contributed by atoms with Crippen LogP contribution in [0.25, 0.3) is 5.69 Å². The Bertz CT molecular complexity index is 615. The minimum atomic E-state index is -2.55. The molecule has 0 spiro atoms. The highest BCUT2D eigenvalue weighted by molar-refractivity contribution is 9.10. The average molecular weight is 389 g/mol. The smallest absolute Gasteiger partial charge is 0.310 e. The zero-order valence-electron chi connectivity index (χ0n) is 9.08. The summed E-state index contributed by atoms with van der Waals surface area (Å²) in [5.74, 6) is -0.451. The third-order valence-corrected chi connectivity index (χ3v) is 3.85. The molecule has 2 aromatic rings. The van der Waals surface area contributed by atoms with E-state index in [1.165, 1.54) is 23.0 Å². The second kappa shape index (κ2) is 5.47. The number of hydrogen-bond acceptors (Lipinski definition) is 3. The van der Waals surface area contributed by atoms with E-state index >= 15 is 0 Å². The number of halogens is 5. The van der Waals surface area contributed by atoms with E-state index in [2.05, 4.69) is 20.9 Å². The highest BCUT2D eigenvalue weighted by atomic mass is 79.9. The van der Waals surface area contributed by atoms with Gasteiger partial charge >= 0.3 is 3.92 Å². The Labute approximate surface area is 130 Å². The number of benzene rings is 1. The van der Waals surface area contributed by atoms with Crippen LogP contribution in [0.5, 0.6) is 0 Å². The number of rotatable bonds is 3. The molecule has 102 valence electrons. The van der Waals surface area contributed by atoms with Crippen LogP contribution >= 0.6 is 50.9 Å². The first-order chi connectivity index (χ1) is 8.78. The van der Waals surface area contributed by atoms with E-state index in [1.807, 2.05) is 0 Å². The molecule has 2 rings (SSSR count). The fourth-order valence-electron chi connectivity index (χ4n) is 1.40. The maximum atomic E-state index is 13.8. The van der Waals surface area contributed by atoms with Crippen LogP contribution in [-0.4, -0.2) is 13.5 Å². The fraction of sp³-hybridized carbons (Fsp3) is 0.100. The first-order valence-electron chi connectivity index (χ1n) is 4.82. The number of anilines is 1. The average Bonchev–Trinajstić information content (AvgIpc) is 2.59. The van der Waals surface area contributed by atoms with E-state index in [4.69, 9.17) is 28.9 Å². The lowest BCUT2D eigenvalue weighted by molar-refractivity contribution is 0.515. The maximum absolute atomic E-state index is 13.8. The van der Waals surface area contributed by atoms with Gasteiger partial charge in [-0.05, 0) is 30.0 Å². The highest BCUT2D eigenvalue weighted by Crippen LogP contribution is 2.43. The standard InChI is InChI=1S/C10H6BrCl2F2N3S/c11-5-1-2-7(6(14)3-5)18-4-17-9(8(18)16)19-10(12,13)15/h1-4H,16H2. The lowest BCUT2D eigenvalue weighted by Gasteiger charge is -2.09. The Morgan fingerprint density at radius 1 is 1.42 bits per heavy atom. The van der Waals surface area contributed by atoms with Crippen molar-refractivity contribution >= 4 is 56.7 Å². The van der Waals surface area contributed by atoms with Gasteiger partial charge in [0.05, 0.1) is 5.69 Å². The number of imidazole rings is 1. The summed E-state index contributed by atoms with van der Waals surface area (Å²) in [7, 11) is 0. The maximum Gasteiger partial charge on any atom is 0.310 e. The van der Waals surface area contributed by atoms with Crippen LogP contribution in [0, 0.1) is 5.82 Å². The van der Waals surface area contributed by atoms with Crippen molar-refractivity contribution in [1.29, 1.82) is 0 Å². The minimum Gasteiger partial charge on any atom is -0.383 e. The van der Waals surface area contributed by atoms with E-state index in [-0.39, 0.29) is 16.5 Å². The number of aromatic nitrogens is 2. The molecule has 0 saturated heterocycles. The molecule has 3 nitrogen and oxygen atoms in total. The molecule has 0 bridgehead atoms. The molecule has 0 aliphatic rings. The molecule has 0 unspecified atom stereocenters. The molecule has 1 heterocycles. The van der Waals surface area contributed by atoms with Gasteiger partial charge in [0.25, 0.3) is 0 Å². The normalized spacial score (nSPS) is 11.8. The van der Waals surface area contributed by atoms with Gasteiger partial charge in [-0.3, -0.25) is 4.57 Å². The predicted molar refractivity (Wildman–Crippen MR) is 77.0 cm³/mol. The monoisotopic (exact) mass is 387 g/mol. The van der Waals surface area contributed by atoms with Crippen LogP contribution in [0.4, 0.5) is 14.6 Å². The number of alkyl halides is 3. The van der Waals surface area contributed by atoms with Crippen molar-refractivity contribution in [2.24, 2.45) is 0 Å². The largest absolute Gasteiger partial charge is 0.383 e. The van der Waals surface area contributed by atoms with E-state index in [0.29, 0.717) is 16.2 Å². The number of nitrogen functional groups attached to an aromatic ring is 1. The summed E-state index contributed by atoms with van der Waals surface area (Å²) in [4.78, 5) is 3.85. The van der Waals surface area contributed by atoms with Crippen molar-refractivity contribution in [2.45, 2.75) is 8.95 Å². The van der Waals surface area contributed by atoms with Gasteiger partial charge in [0.1, 0.15) is 23.0 Å². The van der Waals surface area contributed by atoms with Crippen LogP contribution in [0.2, 0.25) is 0 Å². The molecule has 0 amide bonds. The molecule has 0 aliphatic heterocycles. The molecule has 0 aliphatic carbocycles. The zero-order chi connectivity index (χ0) is 14.2. The molecule has 0 atom stereocenters. The Hall–Kier alpha value is -0.500. The van der Waals surface area contributed by atoms with Crippen LogP contribution in [-0.2, 0) is 0 Å². The third-order valence-electron chi connectivity index (χ3n) is 2.15. The van der Waals surface area contributed by atoms with Gasteiger partial charge in [0, 0.05) is 4.47 Å². The predicted octanol–water partition coefficient (Wildman–Crippen LogP) is 4.51. The minimum absolute atomic E-state index is 0.0505. The molecule has 0 saturated carbocycles. The number of nitrogens with two attached hydrogens (primary N) is 1. The fourth-order valence-corrected chi connectivity index (χ4v) is 2.69. The third kappa shape index (κ3) is 3.53. The van der Waals surface area contributed by atoms with Crippen molar-refractivity contribution < 1.29 is 8.78 Å². The summed E-state index contributed by atoms with van der Waals surface area (Å²) in [6.07, 6.45) is 1.27. The Kier molecular flexibility index (Phi) is 4.29. The second-order valence-electron chi connectivity index (χ2n) is 3.45. The van der Waals surface area contributed by atoms with E-state index in [9.17, 15) is 8.78 Å². The molecule has 0 fully saturated rings. The van der Waals surface area contributed by atoms with Crippen LogP contribution in [0.3, 0.4) is 0 Å². The van der Waals surface area contributed by atoms with Gasteiger partial charge in [0.2, 0.25) is 0 Å². The summed E-state index contributed by atoms with van der Waals surface area (Å²) < 4.78 is 26.2. The SMILES string of the molecule is Nc1c(SC(F)(Cl)Cl)ncn1-c1ccc(Br)cc1F. The molecule has 9 heteroatoms. The van der Waals surface area contributed by atoms with Gasteiger partial charge in [-0.2, -0.15) is 4.39 Å². The van der Waals surface area contributed by atoms with Crippen LogP contribution in [0.15, 0.2) is 34.0 Å². The molecule has 0 radical (unpaired) electrons. The summed E-state index contributed by atoms with van der Waals surface area (Å²) in [6.45, 7) is 0. The molecule has 19 heavy (non-hydrogen) atoms. The molecule has 1 aromatic carbocycles. The van der Waals surface area contributed by atoms with Gasteiger partial charge in [-0.1, -0.05) is 39.1 Å². The number of hydrogen-bond donors (Lipinski definition) is 1. The van der Waals surface area contributed by atoms with Gasteiger partial charge in [-0.15, -0.1) is 0 Å². The summed E-state index contributed by atoms with van der Waals surface area (Å²) in [5.41, 5.74) is 5.96. The van der Waals surface area contributed by atoms with Crippen molar-refractivity contribution in [3.8, 4) is 5.69 Å². The Balaban J connectivity index is 2.42. The van der Waals surface area contributed by atoms with E-state index < -0.39 is 9.74 Å². The van der Waals surface area contributed by atoms with Crippen molar-refractivity contribution in [2.75, 3.05) is 5.73 Å².